The Morgan fingerprint density at radius 1 is 1.73 bits per heavy atom. The van der Waals surface area contributed by atoms with Crippen molar-refractivity contribution in [3.8, 4) is 0 Å². The van der Waals surface area contributed by atoms with E-state index in [4.69, 9.17) is 0 Å². The number of hydrogen-bond acceptors (Lipinski definition) is 3. The second-order valence-electron chi connectivity index (χ2n) is 2.38. The average Bonchev–Trinajstić information content (AvgIpc) is 2.37. The number of nitrogens with one attached hydrogen (secondary N) is 2. The van der Waals surface area contributed by atoms with Gasteiger partial charge in [-0.2, -0.15) is 0 Å². The van der Waals surface area contributed by atoms with Crippen LogP contribution in [0.1, 0.15) is 12.1 Å². The molecule has 0 aliphatic carbocycles. The molecule has 2 N–H and O–H groups in total. The molecule has 0 bridgehead atoms. The number of aryl methyl sites for hydroxylation is 1. The van der Waals surface area contributed by atoms with Crippen LogP contribution >= 0.6 is 11.3 Å². The Hall–Kier alpha value is -0.610. The Morgan fingerprint density at radius 2 is 2.55 bits per heavy atom. The summed E-state index contributed by atoms with van der Waals surface area (Å²) in [4.78, 5) is 13.5. The molecule has 0 atom stereocenters. The van der Waals surface area contributed by atoms with Gasteiger partial charge in [0.2, 0.25) is 0 Å². The number of thiazole rings is 1. The fourth-order valence-corrected chi connectivity index (χ4v) is 1.51. The van der Waals surface area contributed by atoms with Crippen molar-refractivity contribution in [1.29, 1.82) is 0 Å². The van der Waals surface area contributed by atoms with Crippen molar-refractivity contribution in [3.05, 3.63) is 20.7 Å². The Kier molecular flexibility index (Phi) is 3.32. The van der Waals surface area contributed by atoms with Crippen LogP contribution in [0, 0.1) is 0 Å². The van der Waals surface area contributed by atoms with Crippen LogP contribution in [-0.4, -0.2) is 18.6 Å². The molecule has 62 valence electrons. The van der Waals surface area contributed by atoms with E-state index in [0.29, 0.717) is 0 Å². The van der Waals surface area contributed by atoms with Crippen molar-refractivity contribution in [2.75, 3.05) is 13.6 Å². The molecule has 0 amide bonds. The summed E-state index contributed by atoms with van der Waals surface area (Å²) < 4.78 is 0. The fraction of sp³-hybridized carbons (Fsp3) is 0.571. The molecule has 1 heterocycles. The minimum Gasteiger partial charge on any atom is -0.320 e. The number of aromatic amines is 1. The van der Waals surface area contributed by atoms with Crippen LogP contribution in [0.4, 0.5) is 0 Å². The van der Waals surface area contributed by atoms with E-state index in [-0.39, 0.29) is 4.87 Å². The largest absolute Gasteiger partial charge is 0.320 e. The number of H-pyrrole nitrogens is 1. The van der Waals surface area contributed by atoms with Crippen molar-refractivity contribution >= 4 is 11.3 Å². The van der Waals surface area contributed by atoms with Crippen LogP contribution in [-0.2, 0) is 6.42 Å². The summed E-state index contributed by atoms with van der Waals surface area (Å²) in [6.07, 6.45) is 2.03. The molecule has 0 spiro atoms. The summed E-state index contributed by atoms with van der Waals surface area (Å²) in [6, 6.07) is 0. The first-order chi connectivity index (χ1) is 5.33. The zero-order chi connectivity index (χ0) is 8.10. The summed E-state index contributed by atoms with van der Waals surface area (Å²) in [5.74, 6) is 0. The molecule has 0 radical (unpaired) electrons. The van der Waals surface area contributed by atoms with Crippen LogP contribution < -0.4 is 10.2 Å². The maximum absolute atomic E-state index is 10.7. The normalized spacial score (nSPS) is 10.3. The van der Waals surface area contributed by atoms with Gasteiger partial charge in [0.25, 0.3) is 0 Å². The zero-order valence-corrected chi connectivity index (χ0v) is 7.33. The second kappa shape index (κ2) is 4.31. The first-order valence-electron chi connectivity index (χ1n) is 3.64. The van der Waals surface area contributed by atoms with Crippen LogP contribution in [0.2, 0.25) is 0 Å². The van der Waals surface area contributed by atoms with Crippen LogP contribution in [0.15, 0.2) is 10.2 Å². The Balaban J connectivity index is 2.33. The van der Waals surface area contributed by atoms with Gasteiger partial charge in [-0.05, 0) is 26.4 Å². The summed E-state index contributed by atoms with van der Waals surface area (Å²) in [6.45, 7) is 0.998. The fourth-order valence-electron chi connectivity index (χ4n) is 0.892. The smallest absolute Gasteiger partial charge is 0.304 e. The third kappa shape index (κ3) is 2.86. The van der Waals surface area contributed by atoms with Gasteiger partial charge in [-0.15, -0.1) is 0 Å². The van der Waals surface area contributed by atoms with Crippen LogP contribution in [0.5, 0.6) is 0 Å². The molecule has 1 aromatic heterocycles. The molecule has 4 heteroatoms. The van der Waals surface area contributed by atoms with Gasteiger partial charge in [0.15, 0.2) is 0 Å². The molecule has 0 saturated heterocycles. The number of hydrogen-bond donors (Lipinski definition) is 2. The summed E-state index contributed by atoms with van der Waals surface area (Å²) in [5.41, 5.74) is 1.05. The maximum Gasteiger partial charge on any atom is 0.304 e. The molecular formula is C7H12N2OS. The monoisotopic (exact) mass is 172 g/mol. The van der Waals surface area contributed by atoms with Crippen molar-refractivity contribution < 1.29 is 0 Å². The molecule has 1 aromatic rings. The van der Waals surface area contributed by atoms with Gasteiger partial charge in [0.05, 0.1) is 0 Å². The van der Waals surface area contributed by atoms with Gasteiger partial charge in [0.1, 0.15) is 0 Å². The number of rotatable bonds is 4. The lowest BCUT2D eigenvalue weighted by molar-refractivity contribution is 0.717. The Bertz CT molecular complexity index is 253. The average molecular weight is 172 g/mol. The lowest BCUT2D eigenvalue weighted by atomic mass is 10.2. The Labute approximate surface area is 69.5 Å². The molecule has 0 unspecified atom stereocenters. The van der Waals surface area contributed by atoms with Gasteiger partial charge >= 0.3 is 4.87 Å². The maximum atomic E-state index is 10.7. The van der Waals surface area contributed by atoms with Gasteiger partial charge in [-0.1, -0.05) is 11.3 Å². The van der Waals surface area contributed by atoms with E-state index in [1.807, 2.05) is 12.4 Å². The molecule has 0 aliphatic rings. The van der Waals surface area contributed by atoms with E-state index in [1.54, 1.807) is 0 Å². The molecule has 0 fully saturated rings. The zero-order valence-electron chi connectivity index (χ0n) is 6.52. The van der Waals surface area contributed by atoms with Gasteiger partial charge in [0, 0.05) is 11.1 Å². The minimum atomic E-state index is 0.0458. The lowest BCUT2D eigenvalue weighted by Gasteiger charge is -1.95. The highest BCUT2D eigenvalue weighted by molar-refractivity contribution is 7.07. The quantitative estimate of drug-likeness (QED) is 0.653. The standard InChI is InChI=1S/C7H12N2OS/c1-8-4-2-3-6-5-11-7(10)9-6/h5,8H,2-4H2,1H3,(H,9,10). The molecule has 0 aromatic carbocycles. The molecule has 0 aliphatic heterocycles. The van der Waals surface area contributed by atoms with Gasteiger partial charge in [-0.25, -0.2) is 0 Å². The molecule has 0 saturated carbocycles. The van der Waals surface area contributed by atoms with E-state index >= 15 is 0 Å². The SMILES string of the molecule is CNCCCc1csc(=O)[nH]1. The highest BCUT2D eigenvalue weighted by Crippen LogP contribution is 1.98. The molecule has 3 nitrogen and oxygen atoms in total. The van der Waals surface area contributed by atoms with Crippen molar-refractivity contribution in [2.24, 2.45) is 0 Å². The van der Waals surface area contributed by atoms with E-state index in [0.717, 1.165) is 25.1 Å². The minimum absolute atomic E-state index is 0.0458. The van der Waals surface area contributed by atoms with Crippen molar-refractivity contribution in [3.63, 3.8) is 0 Å². The predicted octanol–water partition coefficient (Wildman–Crippen LogP) is 0.588. The molecule has 11 heavy (non-hydrogen) atoms. The topological polar surface area (TPSA) is 44.9 Å². The van der Waals surface area contributed by atoms with E-state index in [2.05, 4.69) is 10.3 Å². The van der Waals surface area contributed by atoms with Gasteiger partial charge in [-0.3, -0.25) is 4.79 Å². The first kappa shape index (κ1) is 8.49. The highest BCUT2D eigenvalue weighted by atomic mass is 32.1. The van der Waals surface area contributed by atoms with Crippen molar-refractivity contribution in [2.45, 2.75) is 12.8 Å². The highest BCUT2D eigenvalue weighted by Gasteiger charge is 1.94. The number of aromatic nitrogens is 1. The second-order valence-corrected chi connectivity index (χ2v) is 3.22. The third-order valence-electron chi connectivity index (χ3n) is 1.44. The van der Waals surface area contributed by atoms with E-state index < -0.39 is 0 Å². The summed E-state index contributed by atoms with van der Waals surface area (Å²) >= 11 is 1.23. The Morgan fingerprint density at radius 3 is 3.09 bits per heavy atom. The van der Waals surface area contributed by atoms with Crippen LogP contribution in [0.3, 0.4) is 0 Å². The lowest BCUT2D eigenvalue weighted by Crippen LogP contribution is -2.08. The summed E-state index contributed by atoms with van der Waals surface area (Å²) in [5, 5.41) is 4.94. The molecule has 1 rings (SSSR count). The van der Waals surface area contributed by atoms with E-state index in [1.165, 1.54) is 11.3 Å². The van der Waals surface area contributed by atoms with Crippen LogP contribution in [0.25, 0.3) is 0 Å². The summed E-state index contributed by atoms with van der Waals surface area (Å²) in [7, 11) is 1.93. The third-order valence-corrected chi connectivity index (χ3v) is 2.16. The van der Waals surface area contributed by atoms with Crippen molar-refractivity contribution in [1.82, 2.24) is 10.3 Å². The predicted molar refractivity (Wildman–Crippen MR) is 47.2 cm³/mol. The first-order valence-corrected chi connectivity index (χ1v) is 4.52. The van der Waals surface area contributed by atoms with Gasteiger partial charge < -0.3 is 10.3 Å². The molecular weight excluding hydrogens is 160 g/mol. The van der Waals surface area contributed by atoms with E-state index in [9.17, 15) is 4.79 Å².